The van der Waals surface area contributed by atoms with Gasteiger partial charge in [0.05, 0.1) is 15.9 Å². The predicted octanol–water partition coefficient (Wildman–Crippen LogP) is 2.23. The van der Waals surface area contributed by atoms with Crippen LogP contribution in [-0.4, -0.2) is 83.8 Å². The van der Waals surface area contributed by atoms with Crippen LogP contribution in [0, 0.1) is 0 Å². The van der Waals surface area contributed by atoms with E-state index >= 15 is 0 Å². The van der Waals surface area contributed by atoms with E-state index in [1.807, 2.05) is 11.6 Å². The molecule has 1 aromatic heterocycles. The number of carbonyl (C=O) groups excluding carboxylic acids is 1. The van der Waals surface area contributed by atoms with Gasteiger partial charge in [0, 0.05) is 59.2 Å². The highest BCUT2D eigenvalue weighted by Crippen LogP contribution is 2.33. The number of likely N-dealkylation sites (tertiary alicyclic amines) is 1. The lowest BCUT2D eigenvalue weighted by atomic mass is 10.0. The van der Waals surface area contributed by atoms with Crippen LogP contribution in [0.2, 0.25) is 0 Å². The van der Waals surface area contributed by atoms with Gasteiger partial charge < -0.3 is 14.4 Å². The normalized spacial score (nSPS) is 18.5. The van der Waals surface area contributed by atoms with Crippen molar-refractivity contribution in [2.75, 3.05) is 33.7 Å². The van der Waals surface area contributed by atoms with Crippen molar-refractivity contribution < 1.29 is 13.2 Å². The Morgan fingerprint density at radius 2 is 1.78 bits per heavy atom. The van der Waals surface area contributed by atoms with Crippen molar-refractivity contribution in [2.45, 2.75) is 62.4 Å². The molecule has 0 N–H and O–H groups in total. The van der Waals surface area contributed by atoms with Crippen LogP contribution in [0.3, 0.4) is 0 Å². The topological polar surface area (TPSA) is 78.8 Å². The molecule has 0 radical (unpaired) electrons. The lowest BCUT2D eigenvalue weighted by Gasteiger charge is -2.38. The number of amides is 1. The van der Waals surface area contributed by atoms with Crippen molar-refractivity contribution in [3.05, 3.63) is 24.0 Å². The molecular formula is C23H35N5O3S. The number of rotatable bonds is 8. The van der Waals surface area contributed by atoms with Crippen molar-refractivity contribution in [1.29, 1.82) is 0 Å². The number of nitrogens with zero attached hydrogens (tertiary/aromatic N) is 5. The summed E-state index contributed by atoms with van der Waals surface area (Å²) < 4.78 is 28.1. The molecule has 176 valence electrons. The molecule has 0 bridgehead atoms. The summed E-state index contributed by atoms with van der Waals surface area (Å²) >= 11 is 0. The van der Waals surface area contributed by atoms with Crippen LogP contribution >= 0.6 is 0 Å². The zero-order valence-electron chi connectivity index (χ0n) is 19.6. The average molecular weight is 462 g/mol. The zero-order chi connectivity index (χ0) is 23.0. The summed E-state index contributed by atoms with van der Waals surface area (Å²) in [6, 6.07) is 5.80. The van der Waals surface area contributed by atoms with E-state index in [2.05, 4.69) is 21.7 Å². The van der Waals surface area contributed by atoms with Crippen LogP contribution in [0.1, 0.15) is 44.9 Å². The van der Waals surface area contributed by atoms with E-state index in [4.69, 9.17) is 0 Å². The first-order valence-electron chi connectivity index (χ1n) is 11.6. The SMILES string of the molecule is CCN1CCC(N(C(=O)CCc2nc3cc(S(=O)(=O)N(C)C)ccc3n2C)C2CC2)CC1. The van der Waals surface area contributed by atoms with Crippen molar-refractivity contribution in [3.8, 4) is 0 Å². The van der Waals surface area contributed by atoms with E-state index < -0.39 is 10.0 Å². The molecule has 0 spiro atoms. The molecule has 2 aromatic rings. The van der Waals surface area contributed by atoms with E-state index in [0.717, 1.165) is 56.7 Å². The Bertz CT molecular complexity index is 1080. The van der Waals surface area contributed by atoms with Crippen LogP contribution in [-0.2, 0) is 28.3 Å². The van der Waals surface area contributed by atoms with Gasteiger partial charge in [0.1, 0.15) is 5.82 Å². The predicted molar refractivity (Wildman–Crippen MR) is 125 cm³/mol. The second-order valence-corrected chi connectivity index (χ2v) is 11.4. The number of hydrogen-bond acceptors (Lipinski definition) is 5. The maximum Gasteiger partial charge on any atom is 0.242 e. The fraction of sp³-hybridized carbons (Fsp3) is 0.652. The van der Waals surface area contributed by atoms with Gasteiger partial charge in [-0.3, -0.25) is 4.79 Å². The molecule has 1 aliphatic heterocycles. The number of sulfonamides is 1. The Kier molecular flexibility index (Phi) is 6.61. The molecule has 2 fully saturated rings. The minimum atomic E-state index is -3.51. The van der Waals surface area contributed by atoms with Crippen LogP contribution in [0.4, 0.5) is 0 Å². The number of carbonyl (C=O) groups is 1. The lowest BCUT2D eigenvalue weighted by Crippen LogP contribution is -2.48. The summed E-state index contributed by atoms with van der Waals surface area (Å²) in [6.45, 7) is 5.41. The van der Waals surface area contributed by atoms with Crippen molar-refractivity contribution in [2.24, 2.45) is 7.05 Å². The van der Waals surface area contributed by atoms with Crippen LogP contribution < -0.4 is 0 Å². The van der Waals surface area contributed by atoms with Gasteiger partial charge in [0.2, 0.25) is 15.9 Å². The maximum atomic E-state index is 13.2. The van der Waals surface area contributed by atoms with Crippen LogP contribution in [0.5, 0.6) is 0 Å². The first-order chi connectivity index (χ1) is 15.2. The third-order valence-electron chi connectivity index (χ3n) is 6.91. The summed E-state index contributed by atoms with van der Waals surface area (Å²) in [5, 5.41) is 0. The van der Waals surface area contributed by atoms with Gasteiger partial charge in [-0.1, -0.05) is 6.92 Å². The van der Waals surface area contributed by atoms with Gasteiger partial charge in [-0.25, -0.2) is 17.7 Å². The van der Waals surface area contributed by atoms with Crippen LogP contribution in [0.15, 0.2) is 23.1 Å². The quantitative estimate of drug-likeness (QED) is 0.602. The smallest absolute Gasteiger partial charge is 0.242 e. The number of imidazole rings is 1. The summed E-state index contributed by atoms with van der Waals surface area (Å²) in [5.41, 5.74) is 1.51. The van der Waals surface area contributed by atoms with E-state index in [9.17, 15) is 13.2 Å². The summed E-state index contributed by atoms with van der Waals surface area (Å²) in [4.78, 5) is 22.8. The molecule has 0 atom stereocenters. The monoisotopic (exact) mass is 461 g/mol. The highest BCUT2D eigenvalue weighted by atomic mass is 32.2. The molecule has 32 heavy (non-hydrogen) atoms. The molecule has 1 aliphatic carbocycles. The summed E-state index contributed by atoms with van der Waals surface area (Å²) in [5.74, 6) is 1.04. The van der Waals surface area contributed by atoms with Gasteiger partial charge in [-0.2, -0.15) is 0 Å². The Morgan fingerprint density at radius 1 is 1.12 bits per heavy atom. The molecule has 2 aliphatic rings. The molecule has 1 amide bonds. The van der Waals surface area contributed by atoms with Crippen LogP contribution in [0.25, 0.3) is 11.0 Å². The van der Waals surface area contributed by atoms with Crippen molar-refractivity contribution in [3.63, 3.8) is 0 Å². The van der Waals surface area contributed by atoms with Gasteiger partial charge in [-0.05, 0) is 50.4 Å². The summed E-state index contributed by atoms with van der Waals surface area (Å²) in [6.07, 6.45) is 5.35. The van der Waals surface area contributed by atoms with Gasteiger partial charge in [-0.15, -0.1) is 0 Å². The molecule has 1 saturated carbocycles. The molecule has 8 nitrogen and oxygen atoms in total. The second kappa shape index (κ2) is 9.11. The highest BCUT2D eigenvalue weighted by molar-refractivity contribution is 7.89. The largest absolute Gasteiger partial charge is 0.337 e. The number of fused-ring (bicyclic) bond motifs is 1. The van der Waals surface area contributed by atoms with E-state index in [1.54, 1.807) is 18.2 Å². The van der Waals surface area contributed by atoms with E-state index in [-0.39, 0.29) is 10.8 Å². The average Bonchev–Trinajstić information content (AvgIpc) is 3.56. The second-order valence-electron chi connectivity index (χ2n) is 9.22. The first-order valence-corrected chi connectivity index (χ1v) is 13.1. The third kappa shape index (κ3) is 4.56. The maximum absolute atomic E-state index is 13.2. The Balaban J connectivity index is 1.47. The van der Waals surface area contributed by atoms with E-state index in [0.29, 0.717) is 30.4 Å². The Hall–Kier alpha value is -1.97. The van der Waals surface area contributed by atoms with Gasteiger partial charge in [0.25, 0.3) is 0 Å². The van der Waals surface area contributed by atoms with Gasteiger partial charge in [0.15, 0.2) is 0 Å². The first kappa shape index (κ1) is 23.2. The Morgan fingerprint density at radius 3 is 2.38 bits per heavy atom. The molecular weight excluding hydrogens is 426 g/mol. The number of hydrogen-bond donors (Lipinski definition) is 0. The lowest BCUT2D eigenvalue weighted by molar-refractivity contribution is -0.135. The molecule has 9 heteroatoms. The minimum absolute atomic E-state index is 0.227. The Labute approximate surface area is 191 Å². The number of piperidine rings is 1. The zero-order valence-corrected chi connectivity index (χ0v) is 20.4. The standard InChI is InChI=1S/C23H35N5O3S/c1-5-27-14-12-18(13-15-27)28(17-6-7-17)23(29)11-10-22-24-20-16-19(32(30,31)25(2)3)8-9-21(20)26(22)4/h8-9,16-18H,5-7,10-15H2,1-4H3. The van der Waals surface area contributed by atoms with Gasteiger partial charge >= 0.3 is 0 Å². The fourth-order valence-corrected chi connectivity index (χ4v) is 5.67. The van der Waals surface area contributed by atoms with Crippen molar-refractivity contribution >= 4 is 27.0 Å². The van der Waals surface area contributed by atoms with Crippen molar-refractivity contribution in [1.82, 2.24) is 23.7 Å². The fourth-order valence-electron chi connectivity index (χ4n) is 4.74. The van der Waals surface area contributed by atoms with E-state index in [1.165, 1.54) is 18.4 Å². The minimum Gasteiger partial charge on any atom is -0.337 e. The summed E-state index contributed by atoms with van der Waals surface area (Å²) in [7, 11) is 1.46. The molecule has 1 aromatic carbocycles. The number of benzene rings is 1. The third-order valence-corrected chi connectivity index (χ3v) is 8.72. The molecule has 2 heterocycles. The highest BCUT2D eigenvalue weighted by Gasteiger charge is 2.38. The molecule has 4 rings (SSSR count). The molecule has 1 saturated heterocycles. The number of aryl methyl sites for hydroxylation is 2. The number of aromatic nitrogens is 2. The molecule has 0 unspecified atom stereocenters.